The monoisotopic (exact) mass is 639 g/mol. The van der Waals surface area contributed by atoms with E-state index in [-0.39, 0.29) is 12.5 Å². The lowest BCUT2D eigenvalue weighted by molar-refractivity contribution is -0.121. The number of carbonyl (C=O) groups is 2. The van der Waals surface area contributed by atoms with Crippen LogP contribution in [0.2, 0.25) is 0 Å². The number of carbonyl (C=O) groups excluding carboxylic acids is 2. The second-order valence-corrected chi connectivity index (χ2v) is 10.5. The molecule has 186 valence electrons. The van der Waals surface area contributed by atoms with Crippen molar-refractivity contribution in [1.82, 2.24) is 4.90 Å². The van der Waals surface area contributed by atoms with Gasteiger partial charge < -0.3 is 9.47 Å². The van der Waals surface area contributed by atoms with Crippen molar-refractivity contribution in [3.05, 3.63) is 96.8 Å². The summed E-state index contributed by atoms with van der Waals surface area (Å²) in [7, 11) is 2.99. The summed E-state index contributed by atoms with van der Waals surface area (Å²) in [6, 6.07) is 19.8. The van der Waals surface area contributed by atoms with E-state index in [1.165, 1.54) is 23.8 Å². The second kappa shape index (κ2) is 11.8. The van der Waals surface area contributed by atoms with Gasteiger partial charge in [-0.15, -0.1) is 0 Å². The van der Waals surface area contributed by atoms with Crippen molar-refractivity contribution in [2.75, 3.05) is 14.2 Å². The number of benzene rings is 3. The van der Waals surface area contributed by atoms with Crippen molar-refractivity contribution in [1.29, 1.82) is 5.26 Å². The minimum atomic E-state index is -0.423. The average Bonchev–Trinajstić information content (AvgIpc) is 3.15. The fourth-order valence-electron chi connectivity index (χ4n) is 3.41. The van der Waals surface area contributed by atoms with E-state index in [0.717, 1.165) is 11.1 Å². The minimum absolute atomic E-state index is 0.171. The van der Waals surface area contributed by atoms with Crippen LogP contribution in [0.25, 0.3) is 6.08 Å². The number of amides is 1. The van der Waals surface area contributed by atoms with Crippen molar-refractivity contribution in [3.8, 4) is 11.8 Å². The third kappa shape index (κ3) is 6.13. The molecule has 1 heterocycles. The van der Waals surface area contributed by atoms with E-state index in [4.69, 9.17) is 9.47 Å². The number of halogens is 2. The van der Waals surface area contributed by atoms with Crippen molar-refractivity contribution in [2.24, 2.45) is 4.99 Å². The SMILES string of the molecule is COC(=O)c1ccc(N=C2S/C(=C\c3cc(Br)c(OCc4ccccc4C#N)c(Br)c3)C(=O)N2C)cc1. The fraction of sp³-hybridized carbons (Fsp3) is 0.111. The Bertz CT molecular complexity index is 1460. The maximum atomic E-state index is 12.9. The summed E-state index contributed by atoms with van der Waals surface area (Å²) in [4.78, 5) is 31.1. The molecule has 3 aromatic rings. The van der Waals surface area contributed by atoms with Gasteiger partial charge in [0.2, 0.25) is 0 Å². The van der Waals surface area contributed by atoms with Gasteiger partial charge in [0, 0.05) is 12.6 Å². The molecule has 1 amide bonds. The van der Waals surface area contributed by atoms with E-state index in [9.17, 15) is 14.9 Å². The Hall–Kier alpha value is -3.39. The second-order valence-electron chi connectivity index (χ2n) is 7.78. The smallest absolute Gasteiger partial charge is 0.337 e. The molecule has 1 aliphatic heterocycles. The molecule has 1 aliphatic rings. The molecule has 0 aliphatic carbocycles. The third-order valence-corrected chi connectivity index (χ3v) is 7.58. The maximum Gasteiger partial charge on any atom is 0.337 e. The lowest BCUT2D eigenvalue weighted by atomic mass is 10.1. The topological polar surface area (TPSA) is 92.0 Å². The van der Waals surface area contributed by atoms with Gasteiger partial charge in [-0.1, -0.05) is 18.2 Å². The number of thioether (sulfide) groups is 1. The molecule has 0 radical (unpaired) electrons. The quantitative estimate of drug-likeness (QED) is 0.220. The van der Waals surface area contributed by atoms with Crippen molar-refractivity contribution < 1.29 is 19.1 Å². The van der Waals surface area contributed by atoms with Gasteiger partial charge >= 0.3 is 5.97 Å². The van der Waals surface area contributed by atoms with E-state index in [1.807, 2.05) is 30.3 Å². The minimum Gasteiger partial charge on any atom is -0.486 e. The molecule has 10 heteroatoms. The van der Waals surface area contributed by atoms with Crippen LogP contribution in [-0.4, -0.2) is 36.1 Å². The molecule has 0 aromatic heterocycles. The van der Waals surface area contributed by atoms with Crippen LogP contribution in [0.15, 0.2) is 79.5 Å². The first kappa shape index (κ1) is 26.7. The van der Waals surface area contributed by atoms with Crippen LogP contribution in [0.3, 0.4) is 0 Å². The Labute approximate surface area is 235 Å². The molecule has 3 aromatic carbocycles. The lowest BCUT2D eigenvalue weighted by Gasteiger charge is -2.12. The number of esters is 1. The van der Waals surface area contributed by atoms with E-state index >= 15 is 0 Å². The Morgan fingerprint density at radius 2 is 1.81 bits per heavy atom. The van der Waals surface area contributed by atoms with Crippen molar-refractivity contribution in [2.45, 2.75) is 6.61 Å². The predicted octanol–water partition coefficient (Wildman–Crippen LogP) is 6.68. The lowest BCUT2D eigenvalue weighted by Crippen LogP contribution is -2.23. The maximum absolute atomic E-state index is 12.9. The Morgan fingerprint density at radius 3 is 2.46 bits per heavy atom. The first-order valence-electron chi connectivity index (χ1n) is 10.8. The zero-order chi connectivity index (χ0) is 26.5. The van der Waals surface area contributed by atoms with Gasteiger partial charge in [-0.2, -0.15) is 5.26 Å². The van der Waals surface area contributed by atoms with Gasteiger partial charge in [0.05, 0.1) is 43.8 Å². The Balaban J connectivity index is 1.52. The number of hydrogen-bond donors (Lipinski definition) is 0. The fourth-order valence-corrected chi connectivity index (χ4v) is 5.85. The molecule has 0 atom stereocenters. The molecule has 0 saturated carbocycles. The molecule has 37 heavy (non-hydrogen) atoms. The Morgan fingerprint density at radius 1 is 1.14 bits per heavy atom. The Kier molecular flexibility index (Phi) is 8.48. The number of nitriles is 1. The molecule has 7 nitrogen and oxygen atoms in total. The molecule has 0 unspecified atom stereocenters. The normalized spacial score (nSPS) is 15.2. The van der Waals surface area contributed by atoms with Gasteiger partial charge in [0.25, 0.3) is 5.91 Å². The van der Waals surface area contributed by atoms with Gasteiger partial charge in [-0.05, 0) is 97.7 Å². The average molecular weight is 641 g/mol. The van der Waals surface area contributed by atoms with Gasteiger partial charge in [0.15, 0.2) is 5.17 Å². The van der Waals surface area contributed by atoms with Crippen LogP contribution in [-0.2, 0) is 16.1 Å². The summed E-state index contributed by atoms with van der Waals surface area (Å²) < 4.78 is 12.1. The van der Waals surface area contributed by atoms with E-state index in [1.54, 1.807) is 43.5 Å². The van der Waals surface area contributed by atoms with E-state index in [0.29, 0.717) is 41.6 Å². The highest BCUT2D eigenvalue weighted by Crippen LogP contribution is 2.38. The number of amidine groups is 1. The summed E-state index contributed by atoms with van der Waals surface area (Å²) in [6.45, 7) is 0.237. The number of aliphatic imine (C=N–C) groups is 1. The molecular formula is C27H19Br2N3O4S. The highest BCUT2D eigenvalue weighted by molar-refractivity contribution is 9.11. The molecule has 0 bridgehead atoms. The predicted molar refractivity (Wildman–Crippen MR) is 151 cm³/mol. The van der Waals surface area contributed by atoms with Crippen molar-refractivity contribution in [3.63, 3.8) is 0 Å². The zero-order valence-corrected chi connectivity index (χ0v) is 23.7. The van der Waals surface area contributed by atoms with Crippen LogP contribution in [0.4, 0.5) is 5.69 Å². The molecule has 1 saturated heterocycles. The molecule has 0 N–H and O–H groups in total. The first-order chi connectivity index (χ1) is 17.8. The summed E-state index contributed by atoms with van der Waals surface area (Å²) in [5.74, 6) is -0.00152. The summed E-state index contributed by atoms with van der Waals surface area (Å²) in [5.41, 5.74) is 3.18. The van der Waals surface area contributed by atoms with Gasteiger partial charge in [-0.25, -0.2) is 9.79 Å². The number of ether oxygens (including phenoxy) is 2. The molecule has 4 rings (SSSR count). The largest absolute Gasteiger partial charge is 0.486 e. The third-order valence-electron chi connectivity index (χ3n) is 5.34. The van der Waals surface area contributed by atoms with Crippen LogP contribution in [0.1, 0.15) is 27.0 Å². The molecule has 0 spiro atoms. The number of hydrogen-bond acceptors (Lipinski definition) is 7. The zero-order valence-electron chi connectivity index (χ0n) is 19.7. The summed E-state index contributed by atoms with van der Waals surface area (Å²) in [5, 5.41) is 9.81. The number of rotatable bonds is 6. The van der Waals surface area contributed by atoms with Crippen LogP contribution < -0.4 is 4.74 Å². The summed E-state index contributed by atoms with van der Waals surface area (Å²) in [6.07, 6.45) is 1.79. The number of likely N-dealkylation sites (N-methyl/N-ethyl adjacent to an activating group) is 1. The van der Waals surface area contributed by atoms with Crippen LogP contribution in [0, 0.1) is 11.3 Å². The summed E-state index contributed by atoms with van der Waals surface area (Å²) >= 11 is 8.37. The van der Waals surface area contributed by atoms with E-state index in [2.05, 4.69) is 42.9 Å². The standard InChI is InChI=1S/C27H19Br2N3O4S/c1-32-25(33)23(37-27(32)31-20-9-7-17(8-10-20)26(34)35-2)13-16-11-21(28)24(22(29)12-16)36-15-19-6-4-3-5-18(19)14-30/h3-13H,15H2,1-2H3/b23-13-,31-27?. The van der Waals surface area contributed by atoms with Crippen LogP contribution in [0.5, 0.6) is 5.75 Å². The van der Waals surface area contributed by atoms with Crippen molar-refractivity contribution >= 4 is 72.4 Å². The van der Waals surface area contributed by atoms with E-state index < -0.39 is 5.97 Å². The van der Waals surface area contributed by atoms with Gasteiger partial charge in [0.1, 0.15) is 12.4 Å². The van der Waals surface area contributed by atoms with Crippen LogP contribution >= 0.6 is 43.6 Å². The first-order valence-corrected chi connectivity index (χ1v) is 13.3. The molecule has 1 fully saturated rings. The highest BCUT2D eigenvalue weighted by atomic mass is 79.9. The molecular weight excluding hydrogens is 622 g/mol. The highest BCUT2D eigenvalue weighted by Gasteiger charge is 2.30. The number of methoxy groups -OCH3 is 1. The van der Waals surface area contributed by atoms with Gasteiger partial charge in [-0.3, -0.25) is 9.69 Å². The number of nitrogens with zero attached hydrogens (tertiary/aromatic N) is 3.